The molecule has 2 rings (SSSR count). The number of aryl methyl sites for hydroxylation is 1. The molecule has 6 nitrogen and oxygen atoms in total. The van der Waals surface area contributed by atoms with Crippen LogP contribution in [-0.4, -0.2) is 40.5 Å². The highest BCUT2D eigenvalue weighted by molar-refractivity contribution is 7.99. The van der Waals surface area contributed by atoms with Gasteiger partial charge in [0.2, 0.25) is 0 Å². The molecule has 0 saturated carbocycles. The van der Waals surface area contributed by atoms with E-state index in [1.807, 2.05) is 11.6 Å². The third-order valence-electron chi connectivity index (χ3n) is 3.36. The Labute approximate surface area is 140 Å². The summed E-state index contributed by atoms with van der Waals surface area (Å²) >= 11 is 1.65. The van der Waals surface area contributed by atoms with Crippen molar-refractivity contribution < 1.29 is 14.3 Å². The molecule has 0 fully saturated rings. The average molecular weight is 335 g/mol. The summed E-state index contributed by atoms with van der Waals surface area (Å²) in [6.45, 7) is 2.57. The zero-order chi connectivity index (χ0) is 16.7. The zero-order valence-corrected chi connectivity index (χ0v) is 14.4. The standard InChI is InChI=1S/C16H21N3O3S/c1-4-14-17-18-16(19(14)2)23-10-6-9-22-15-12(11-20)7-5-8-13(15)21-3/h5,7-8,11H,4,6,9-10H2,1-3H3. The smallest absolute Gasteiger partial charge is 0.190 e. The van der Waals surface area contributed by atoms with E-state index in [-0.39, 0.29) is 0 Å². The number of benzene rings is 1. The lowest BCUT2D eigenvalue weighted by molar-refractivity contribution is 0.111. The molecule has 0 atom stereocenters. The van der Waals surface area contributed by atoms with Crippen molar-refractivity contribution in [2.24, 2.45) is 7.05 Å². The molecule has 1 heterocycles. The van der Waals surface area contributed by atoms with Gasteiger partial charge in [-0.3, -0.25) is 4.79 Å². The largest absolute Gasteiger partial charge is 0.493 e. The van der Waals surface area contributed by atoms with Gasteiger partial charge in [0.1, 0.15) is 5.82 Å². The molecule has 1 aromatic carbocycles. The van der Waals surface area contributed by atoms with Gasteiger partial charge in [-0.15, -0.1) is 10.2 Å². The summed E-state index contributed by atoms with van der Waals surface area (Å²) in [6, 6.07) is 5.26. The monoisotopic (exact) mass is 335 g/mol. The third-order valence-corrected chi connectivity index (χ3v) is 4.47. The Hall–Kier alpha value is -2.02. The molecule has 2 aromatic rings. The Morgan fingerprint density at radius 1 is 1.35 bits per heavy atom. The maximum absolute atomic E-state index is 11.1. The van der Waals surface area contributed by atoms with Gasteiger partial charge in [-0.1, -0.05) is 24.8 Å². The second kappa shape index (κ2) is 8.57. The predicted molar refractivity (Wildman–Crippen MR) is 89.6 cm³/mol. The van der Waals surface area contributed by atoms with E-state index in [0.29, 0.717) is 23.7 Å². The Bertz CT molecular complexity index is 658. The number of carbonyl (C=O) groups is 1. The summed E-state index contributed by atoms with van der Waals surface area (Å²) in [5.41, 5.74) is 0.498. The molecule has 0 aliphatic carbocycles. The molecule has 7 heteroatoms. The molecule has 0 radical (unpaired) electrons. The van der Waals surface area contributed by atoms with Crippen molar-refractivity contribution in [3.63, 3.8) is 0 Å². The summed E-state index contributed by atoms with van der Waals surface area (Å²) in [7, 11) is 3.54. The van der Waals surface area contributed by atoms with E-state index in [0.717, 1.165) is 35.9 Å². The van der Waals surface area contributed by atoms with Gasteiger partial charge in [-0.25, -0.2) is 0 Å². The van der Waals surface area contributed by atoms with Gasteiger partial charge >= 0.3 is 0 Å². The highest BCUT2D eigenvalue weighted by Gasteiger charge is 2.10. The molecule has 0 unspecified atom stereocenters. The average Bonchev–Trinajstić information content (AvgIpc) is 2.94. The normalized spacial score (nSPS) is 10.6. The van der Waals surface area contributed by atoms with Crippen molar-refractivity contribution in [2.45, 2.75) is 24.9 Å². The van der Waals surface area contributed by atoms with Gasteiger partial charge in [0.15, 0.2) is 22.9 Å². The SMILES string of the molecule is CCc1nnc(SCCCOc2c(C=O)cccc2OC)n1C. The molecular formula is C16H21N3O3S. The number of hydrogen-bond donors (Lipinski definition) is 0. The molecule has 1 aromatic heterocycles. The van der Waals surface area contributed by atoms with Gasteiger partial charge in [0.25, 0.3) is 0 Å². The van der Waals surface area contributed by atoms with Crippen molar-refractivity contribution >= 4 is 18.0 Å². The minimum absolute atomic E-state index is 0.498. The number of aromatic nitrogens is 3. The van der Waals surface area contributed by atoms with E-state index in [1.54, 1.807) is 37.1 Å². The molecule has 0 aliphatic rings. The molecule has 124 valence electrons. The van der Waals surface area contributed by atoms with Crippen LogP contribution in [0.4, 0.5) is 0 Å². The van der Waals surface area contributed by atoms with E-state index in [1.165, 1.54) is 0 Å². The first-order valence-corrected chi connectivity index (χ1v) is 8.45. The molecule has 0 amide bonds. The first-order chi connectivity index (χ1) is 11.2. The third kappa shape index (κ3) is 4.25. The highest BCUT2D eigenvalue weighted by Crippen LogP contribution is 2.30. The van der Waals surface area contributed by atoms with Crippen LogP contribution in [0.1, 0.15) is 29.5 Å². The van der Waals surface area contributed by atoms with Crippen LogP contribution in [0.3, 0.4) is 0 Å². The summed E-state index contributed by atoms with van der Waals surface area (Å²) in [4.78, 5) is 11.1. The molecular weight excluding hydrogens is 314 g/mol. The number of hydrogen-bond acceptors (Lipinski definition) is 6. The minimum Gasteiger partial charge on any atom is -0.493 e. The van der Waals surface area contributed by atoms with Gasteiger partial charge in [-0.2, -0.15) is 0 Å². The number of rotatable bonds is 9. The first-order valence-electron chi connectivity index (χ1n) is 7.47. The van der Waals surface area contributed by atoms with E-state index in [2.05, 4.69) is 17.1 Å². The number of methoxy groups -OCH3 is 1. The topological polar surface area (TPSA) is 66.2 Å². The van der Waals surface area contributed by atoms with Crippen LogP contribution in [-0.2, 0) is 13.5 Å². The van der Waals surface area contributed by atoms with Gasteiger partial charge < -0.3 is 14.0 Å². The fourth-order valence-electron chi connectivity index (χ4n) is 2.12. The summed E-state index contributed by atoms with van der Waals surface area (Å²) in [6.07, 6.45) is 2.48. The van der Waals surface area contributed by atoms with Crippen LogP contribution in [0.15, 0.2) is 23.4 Å². The summed E-state index contributed by atoms with van der Waals surface area (Å²) < 4.78 is 13.0. The quantitative estimate of drug-likeness (QED) is 0.399. The van der Waals surface area contributed by atoms with Gasteiger partial charge in [0.05, 0.1) is 19.3 Å². The number of nitrogens with zero attached hydrogens (tertiary/aromatic N) is 3. The molecule has 0 spiro atoms. The Morgan fingerprint density at radius 3 is 2.83 bits per heavy atom. The van der Waals surface area contributed by atoms with Crippen molar-refractivity contribution in [3.8, 4) is 11.5 Å². The maximum Gasteiger partial charge on any atom is 0.190 e. The lowest BCUT2D eigenvalue weighted by Gasteiger charge is -2.12. The maximum atomic E-state index is 11.1. The lowest BCUT2D eigenvalue weighted by Crippen LogP contribution is -2.03. The summed E-state index contributed by atoms with van der Waals surface area (Å²) in [5, 5.41) is 9.21. The van der Waals surface area contributed by atoms with E-state index < -0.39 is 0 Å². The molecule has 0 saturated heterocycles. The van der Waals surface area contributed by atoms with E-state index in [9.17, 15) is 4.79 Å². The second-order valence-electron chi connectivity index (χ2n) is 4.86. The van der Waals surface area contributed by atoms with Crippen LogP contribution in [0.2, 0.25) is 0 Å². The van der Waals surface area contributed by atoms with Crippen LogP contribution < -0.4 is 9.47 Å². The van der Waals surface area contributed by atoms with E-state index in [4.69, 9.17) is 9.47 Å². The molecule has 0 N–H and O–H groups in total. The lowest BCUT2D eigenvalue weighted by atomic mass is 10.2. The first kappa shape index (κ1) is 17.3. The predicted octanol–water partition coefficient (Wildman–Crippen LogP) is 2.76. The van der Waals surface area contributed by atoms with Crippen molar-refractivity contribution in [2.75, 3.05) is 19.5 Å². The Kier molecular flexibility index (Phi) is 6.46. The number of thioether (sulfide) groups is 1. The summed E-state index contributed by atoms with van der Waals surface area (Å²) in [5.74, 6) is 2.92. The Morgan fingerprint density at radius 2 is 2.17 bits per heavy atom. The number of para-hydroxylation sites is 1. The van der Waals surface area contributed by atoms with Crippen molar-refractivity contribution in [1.82, 2.24) is 14.8 Å². The van der Waals surface area contributed by atoms with Crippen LogP contribution in [0.5, 0.6) is 11.5 Å². The van der Waals surface area contributed by atoms with Crippen LogP contribution in [0.25, 0.3) is 0 Å². The minimum atomic E-state index is 0.498. The van der Waals surface area contributed by atoms with Crippen molar-refractivity contribution in [3.05, 3.63) is 29.6 Å². The molecule has 23 heavy (non-hydrogen) atoms. The second-order valence-corrected chi connectivity index (χ2v) is 5.92. The Balaban J connectivity index is 1.84. The number of aldehydes is 1. The van der Waals surface area contributed by atoms with Crippen LogP contribution >= 0.6 is 11.8 Å². The fourth-order valence-corrected chi connectivity index (χ4v) is 2.96. The zero-order valence-electron chi connectivity index (χ0n) is 13.6. The number of carbonyl (C=O) groups excluding carboxylic acids is 1. The van der Waals surface area contributed by atoms with Crippen LogP contribution in [0, 0.1) is 0 Å². The fraction of sp³-hybridized carbons (Fsp3) is 0.438. The van der Waals surface area contributed by atoms with Gasteiger partial charge in [0, 0.05) is 19.2 Å². The van der Waals surface area contributed by atoms with E-state index >= 15 is 0 Å². The highest BCUT2D eigenvalue weighted by atomic mass is 32.2. The number of ether oxygens (including phenoxy) is 2. The van der Waals surface area contributed by atoms with Gasteiger partial charge in [-0.05, 0) is 18.6 Å². The molecule has 0 bridgehead atoms. The molecule has 0 aliphatic heterocycles. The van der Waals surface area contributed by atoms with Crippen molar-refractivity contribution in [1.29, 1.82) is 0 Å².